The molecule has 0 aliphatic carbocycles. The number of rotatable bonds is 33. The number of carbonyl (C=O) groups is 1. The third kappa shape index (κ3) is 21.5. The van der Waals surface area contributed by atoms with Gasteiger partial charge in [0.25, 0.3) is 0 Å². The van der Waals surface area contributed by atoms with Crippen molar-refractivity contribution in [3.05, 3.63) is 24.3 Å². The van der Waals surface area contributed by atoms with Crippen LogP contribution in [0.3, 0.4) is 0 Å². The number of ether oxygens (including phenoxy) is 2. The third-order valence-electron chi connectivity index (χ3n) is 10.2. The van der Waals surface area contributed by atoms with Gasteiger partial charge in [-0.05, 0) is 37.7 Å². The van der Waals surface area contributed by atoms with Gasteiger partial charge in [-0.15, -0.1) is 0 Å². The minimum Gasteiger partial charge on any atom is -0.394 e. The quantitative estimate of drug-likeness (QED) is 0.0315. The lowest BCUT2D eigenvalue weighted by atomic mass is 9.99. The first-order valence-electron chi connectivity index (χ1n) is 20.7. The fraction of sp³-hybridized carbons (Fsp3) is 0.878. The number of aliphatic hydroxyl groups is 7. The van der Waals surface area contributed by atoms with Crippen molar-refractivity contribution in [2.45, 2.75) is 217 Å². The van der Waals surface area contributed by atoms with Gasteiger partial charge in [-0.2, -0.15) is 0 Å². The van der Waals surface area contributed by atoms with E-state index in [4.69, 9.17) is 9.47 Å². The predicted molar refractivity (Wildman–Crippen MR) is 205 cm³/mol. The Balaban J connectivity index is 2.61. The number of unbranched alkanes of at least 4 members (excludes halogenated alkanes) is 17. The molecule has 0 radical (unpaired) electrons. The summed E-state index contributed by atoms with van der Waals surface area (Å²) in [6.07, 6.45) is 16.8. The molecule has 1 aliphatic rings. The van der Waals surface area contributed by atoms with E-state index in [9.17, 15) is 40.5 Å². The Labute approximate surface area is 314 Å². The Bertz CT molecular complexity index is 918. The summed E-state index contributed by atoms with van der Waals surface area (Å²) in [4.78, 5) is 13.0. The highest BCUT2D eigenvalue weighted by Gasteiger charge is 2.44. The molecule has 1 rings (SSSR count). The minimum absolute atomic E-state index is 0.274. The molecule has 11 nitrogen and oxygen atoms in total. The summed E-state index contributed by atoms with van der Waals surface area (Å²) in [7, 11) is 0. The molecule has 306 valence electrons. The van der Waals surface area contributed by atoms with Gasteiger partial charge in [0, 0.05) is 0 Å². The first-order chi connectivity index (χ1) is 25.1. The molecular formula is C41H77NO10. The van der Waals surface area contributed by atoms with Gasteiger partial charge in [-0.25, -0.2) is 0 Å². The monoisotopic (exact) mass is 744 g/mol. The maximum absolute atomic E-state index is 13.0. The summed E-state index contributed by atoms with van der Waals surface area (Å²) in [5.41, 5.74) is 0.794. The molecule has 9 atom stereocenters. The van der Waals surface area contributed by atoms with Crippen LogP contribution >= 0.6 is 0 Å². The lowest BCUT2D eigenvalue weighted by Crippen LogP contribution is -2.60. The zero-order valence-electron chi connectivity index (χ0n) is 32.6. The molecule has 8 N–H and O–H groups in total. The van der Waals surface area contributed by atoms with Crippen LogP contribution in [0.4, 0.5) is 0 Å². The molecule has 1 unspecified atom stereocenters. The van der Waals surface area contributed by atoms with Gasteiger partial charge in [-0.1, -0.05) is 148 Å². The maximum Gasteiger partial charge on any atom is 0.249 e. The lowest BCUT2D eigenvalue weighted by Gasteiger charge is -2.40. The Hall–Kier alpha value is -1.41. The maximum atomic E-state index is 13.0. The molecule has 1 heterocycles. The molecule has 0 bridgehead atoms. The average Bonchev–Trinajstić information content (AvgIpc) is 3.14. The first-order valence-corrected chi connectivity index (χ1v) is 20.7. The summed E-state index contributed by atoms with van der Waals surface area (Å²) in [5, 5.41) is 75.0. The van der Waals surface area contributed by atoms with E-state index in [1.807, 2.05) is 0 Å². The van der Waals surface area contributed by atoms with E-state index in [1.54, 1.807) is 6.08 Å². The van der Waals surface area contributed by atoms with Crippen molar-refractivity contribution in [2.24, 2.45) is 0 Å². The summed E-state index contributed by atoms with van der Waals surface area (Å²) >= 11 is 0. The van der Waals surface area contributed by atoms with Crippen LogP contribution in [0.2, 0.25) is 0 Å². The molecule has 0 spiro atoms. The van der Waals surface area contributed by atoms with Gasteiger partial charge in [-0.3, -0.25) is 4.79 Å². The largest absolute Gasteiger partial charge is 0.394 e. The molecule has 1 fully saturated rings. The molecule has 0 aromatic heterocycles. The summed E-state index contributed by atoms with van der Waals surface area (Å²) in [6, 6.07) is -1.06. The van der Waals surface area contributed by atoms with E-state index in [0.717, 1.165) is 44.1 Å². The lowest BCUT2D eigenvalue weighted by molar-refractivity contribution is -0.302. The van der Waals surface area contributed by atoms with Crippen LogP contribution in [-0.2, 0) is 14.3 Å². The molecule has 0 saturated carbocycles. The van der Waals surface area contributed by atoms with Crippen molar-refractivity contribution in [1.29, 1.82) is 0 Å². The average molecular weight is 744 g/mol. The number of hydrogen-bond acceptors (Lipinski definition) is 10. The fourth-order valence-corrected chi connectivity index (χ4v) is 6.52. The van der Waals surface area contributed by atoms with Crippen molar-refractivity contribution in [1.82, 2.24) is 5.32 Å². The van der Waals surface area contributed by atoms with Gasteiger partial charge in [0.05, 0.1) is 31.5 Å². The molecule has 1 amide bonds. The molecule has 1 saturated heterocycles. The Kier molecular flexibility index (Phi) is 28.9. The number of hydrogen-bond donors (Lipinski definition) is 8. The van der Waals surface area contributed by atoms with Crippen LogP contribution in [0.5, 0.6) is 0 Å². The number of amides is 1. The van der Waals surface area contributed by atoms with E-state index in [1.165, 1.54) is 89.5 Å². The number of allylic oxidation sites excluding steroid dienone is 1. The molecule has 0 aromatic carbocycles. The topological polar surface area (TPSA) is 189 Å². The highest BCUT2D eigenvalue weighted by Crippen LogP contribution is 2.23. The standard InChI is InChI=1S/C41H77NO10/c1-4-6-8-10-12-13-14-15-16-18-20-22-28-35(46)40(50)42-32(30-51-41-39(49)38(48)37(47)36(29-43)52-41)34(45)27-24-23-26-33(44)31(3)25-21-19-17-11-9-7-5-2/h24,27,32-39,41,43-49H,3-23,25-26,28-30H2,1-2H3,(H,42,50)/b27-24+/t32-,33?,34+,35+,36+,37+,38-,39+,41+/m0/s1. The highest BCUT2D eigenvalue weighted by molar-refractivity contribution is 5.80. The third-order valence-corrected chi connectivity index (χ3v) is 10.2. The second-order valence-electron chi connectivity index (χ2n) is 14.9. The highest BCUT2D eigenvalue weighted by atomic mass is 16.7. The van der Waals surface area contributed by atoms with Gasteiger partial charge in [0.1, 0.15) is 30.5 Å². The van der Waals surface area contributed by atoms with Crippen molar-refractivity contribution in [3.8, 4) is 0 Å². The van der Waals surface area contributed by atoms with Crippen molar-refractivity contribution in [3.63, 3.8) is 0 Å². The van der Waals surface area contributed by atoms with E-state index >= 15 is 0 Å². The second kappa shape index (κ2) is 30.9. The summed E-state index contributed by atoms with van der Waals surface area (Å²) in [6.45, 7) is 7.48. The summed E-state index contributed by atoms with van der Waals surface area (Å²) < 4.78 is 11.1. The number of aliphatic hydroxyl groups excluding tert-OH is 7. The Morgan fingerprint density at radius 3 is 1.79 bits per heavy atom. The van der Waals surface area contributed by atoms with Crippen LogP contribution in [0, 0.1) is 0 Å². The molecule has 1 aliphatic heterocycles. The van der Waals surface area contributed by atoms with Gasteiger partial charge in [0.15, 0.2) is 6.29 Å². The van der Waals surface area contributed by atoms with Crippen molar-refractivity contribution in [2.75, 3.05) is 13.2 Å². The number of carbonyl (C=O) groups excluding carboxylic acids is 1. The van der Waals surface area contributed by atoms with Crippen LogP contribution in [0.25, 0.3) is 0 Å². The Morgan fingerprint density at radius 2 is 1.25 bits per heavy atom. The van der Waals surface area contributed by atoms with Crippen LogP contribution in [-0.4, -0.2) is 110 Å². The smallest absolute Gasteiger partial charge is 0.249 e. The second-order valence-corrected chi connectivity index (χ2v) is 14.9. The van der Waals surface area contributed by atoms with E-state index in [0.29, 0.717) is 19.3 Å². The zero-order valence-corrected chi connectivity index (χ0v) is 32.6. The predicted octanol–water partition coefficient (Wildman–Crippen LogP) is 5.49. The van der Waals surface area contributed by atoms with Gasteiger partial charge >= 0.3 is 0 Å². The minimum atomic E-state index is -1.64. The van der Waals surface area contributed by atoms with E-state index in [-0.39, 0.29) is 13.0 Å². The van der Waals surface area contributed by atoms with Crippen LogP contribution in [0.15, 0.2) is 24.3 Å². The SMILES string of the molecule is C=C(CCCCCCCCC)C(O)CC/C=C/[C@@H](O)[C@H](CO[C@@H]1O[C@H](CO)[C@@H](O)[C@H](O)[C@H]1O)NC(=O)[C@H](O)CCCCCCCCCCCCCC. The molecule has 52 heavy (non-hydrogen) atoms. The molecule has 11 heteroatoms. The first kappa shape index (κ1) is 48.6. The van der Waals surface area contributed by atoms with Gasteiger partial charge < -0.3 is 50.5 Å². The zero-order chi connectivity index (χ0) is 38.6. The van der Waals surface area contributed by atoms with Crippen LogP contribution in [0.1, 0.15) is 162 Å². The molecule has 0 aromatic rings. The number of nitrogens with one attached hydrogen (secondary N) is 1. The molecular weight excluding hydrogens is 666 g/mol. The van der Waals surface area contributed by atoms with E-state index < -0.39 is 67.6 Å². The van der Waals surface area contributed by atoms with Gasteiger partial charge in [0.2, 0.25) is 5.91 Å². The van der Waals surface area contributed by atoms with Crippen molar-refractivity contribution < 1.29 is 50.0 Å². The normalized spacial score (nSPS) is 23.1. The van der Waals surface area contributed by atoms with Crippen molar-refractivity contribution >= 4 is 5.91 Å². The summed E-state index contributed by atoms with van der Waals surface area (Å²) in [5.74, 6) is -0.671. The Morgan fingerprint density at radius 1 is 0.731 bits per heavy atom. The van der Waals surface area contributed by atoms with Crippen LogP contribution < -0.4 is 5.32 Å². The van der Waals surface area contributed by atoms with E-state index in [2.05, 4.69) is 25.7 Å². The fourth-order valence-electron chi connectivity index (χ4n) is 6.52.